The van der Waals surface area contributed by atoms with Gasteiger partial charge in [0, 0.05) is 0 Å². The van der Waals surface area contributed by atoms with Gasteiger partial charge in [0.15, 0.2) is 0 Å². The van der Waals surface area contributed by atoms with E-state index in [1.165, 1.54) is 33.4 Å². The summed E-state index contributed by atoms with van der Waals surface area (Å²) in [4.78, 5) is 0. The first-order chi connectivity index (χ1) is 15.3. The maximum Gasteiger partial charge on any atom is -0.00165 e. The van der Waals surface area contributed by atoms with E-state index in [9.17, 15) is 0 Å². The molecule has 1 aromatic rings. The highest BCUT2D eigenvalue weighted by atomic mass is 14.3. The Bertz CT molecular complexity index is 1110. The van der Waals surface area contributed by atoms with Gasteiger partial charge in [-0.05, 0) is 82.7 Å². The van der Waals surface area contributed by atoms with Crippen LogP contribution in [0.5, 0.6) is 0 Å². The Morgan fingerprint density at radius 1 is 1.00 bits per heavy atom. The summed E-state index contributed by atoms with van der Waals surface area (Å²) in [7, 11) is 0. The quantitative estimate of drug-likeness (QED) is 0.402. The van der Waals surface area contributed by atoms with Crippen LogP contribution in [0.3, 0.4) is 0 Å². The van der Waals surface area contributed by atoms with Gasteiger partial charge in [0.25, 0.3) is 0 Å². The second-order valence-corrected chi connectivity index (χ2v) is 9.38. The smallest absolute Gasteiger partial charge is 0.00165 e. The third kappa shape index (κ3) is 5.56. The molecule has 0 radical (unpaired) electrons. The molecule has 0 heterocycles. The monoisotopic (exact) mass is 420 g/mol. The molecule has 2 aliphatic carbocycles. The van der Waals surface area contributed by atoms with Crippen LogP contribution in [0, 0.1) is 5.41 Å². The first-order valence-corrected chi connectivity index (χ1v) is 11.6. The Hall–Kier alpha value is -3.12. The first-order valence-electron chi connectivity index (χ1n) is 11.6. The summed E-state index contributed by atoms with van der Waals surface area (Å²) in [6, 6.07) is 6.90. The average molecular weight is 421 g/mol. The Labute approximate surface area is 195 Å². The molecule has 164 valence electrons. The third-order valence-electron chi connectivity index (χ3n) is 5.98. The van der Waals surface area contributed by atoms with Crippen molar-refractivity contribution in [3.63, 3.8) is 0 Å². The second kappa shape index (κ2) is 10.5. The summed E-state index contributed by atoms with van der Waals surface area (Å²) in [5.41, 5.74) is 10.4. The zero-order chi connectivity index (χ0) is 23.1. The van der Waals surface area contributed by atoms with Gasteiger partial charge in [-0.25, -0.2) is 0 Å². The van der Waals surface area contributed by atoms with E-state index >= 15 is 0 Å². The van der Waals surface area contributed by atoms with E-state index < -0.39 is 0 Å². The van der Waals surface area contributed by atoms with Crippen LogP contribution in [0.1, 0.15) is 57.7 Å². The van der Waals surface area contributed by atoms with E-state index in [2.05, 4.69) is 125 Å². The summed E-state index contributed by atoms with van der Waals surface area (Å²) in [6.45, 7) is 15.1. The lowest BCUT2D eigenvalue weighted by Gasteiger charge is -2.22. The molecule has 2 aliphatic rings. The van der Waals surface area contributed by atoms with Crippen LogP contribution >= 0.6 is 0 Å². The van der Waals surface area contributed by atoms with Crippen LogP contribution in [0.25, 0.3) is 11.1 Å². The Kier molecular flexibility index (Phi) is 7.70. The van der Waals surface area contributed by atoms with Crippen molar-refractivity contribution in [1.29, 1.82) is 0 Å². The molecule has 32 heavy (non-hydrogen) atoms. The fraction of sp³-hybridized carbons (Fsp3) is 0.250. The van der Waals surface area contributed by atoms with Gasteiger partial charge in [0.05, 0.1) is 0 Å². The van der Waals surface area contributed by atoms with Gasteiger partial charge in [0.1, 0.15) is 0 Å². The maximum atomic E-state index is 4.35. The van der Waals surface area contributed by atoms with Crippen LogP contribution in [-0.2, 0) is 6.42 Å². The van der Waals surface area contributed by atoms with Crippen molar-refractivity contribution in [3.8, 4) is 0 Å². The topological polar surface area (TPSA) is 0 Å². The van der Waals surface area contributed by atoms with E-state index in [1.54, 1.807) is 0 Å². The number of rotatable bonds is 6. The molecule has 3 rings (SSSR count). The molecule has 1 aromatic carbocycles. The van der Waals surface area contributed by atoms with Crippen LogP contribution in [0.2, 0.25) is 0 Å². The van der Waals surface area contributed by atoms with Gasteiger partial charge in [-0.15, -0.1) is 0 Å². The molecule has 0 saturated carbocycles. The molecule has 0 saturated heterocycles. The van der Waals surface area contributed by atoms with E-state index in [0.29, 0.717) is 0 Å². The highest BCUT2D eigenvalue weighted by Gasteiger charge is 2.21. The van der Waals surface area contributed by atoms with Crippen LogP contribution < -0.4 is 0 Å². The lowest BCUT2D eigenvalue weighted by molar-refractivity contribution is 0.514. The molecule has 0 spiro atoms. The molecule has 0 aromatic heterocycles. The Morgan fingerprint density at radius 3 is 2.53 bits per heavy atom. The predicted molar refractivity (Wildman–Crippen MR) is 143 cm³/mol. The largest absolute Gasteiger partial charge is 0.0947 e. The molecule has 0 bridgehead atoms. The molecule has 0 N–H and O–H groups in total. The first kappa shape index (κ1) is 23.5. The van der Waals surface area contributed by atoms with Crippen LogP contribution in [-0.4, -0.2) is 0 Å². The van der Waals surface area contributed by atoms with Crippen molar-refractivity contribution in [3.05, 3.63) is 131 Å². The van der Waals surface area contributed by atoms with E-state index in [0.717, 1.165) is 24.0 Å². The van der Waals surface area contributed by atoms with Crippen molar-refractivity contribution in [1.82, 2.24) is 0 Å². The van der Waals surface area contributed by atoms with E-state index in [4.69, 9.17) is 0 Å². The zero-order valence-corrected chi connectivity index (χ0v) is 20.3. The third-order valence-corrected chi connectivity index (χ3v) is 5.98. The Balaban J connectivity index is 1.95. The maximum absolute atomic E-state index is 4.35. The minimum absolute atomic E-state index is 0.0275. The molecule has 0 amide bonds. The summed E-state index contributed by atoms with van der Waals surface area (Å²) in [6.07, 6.45) is 28.2. The van der Waals surface area contributed by atoms with E-state index in [1.807, 2.05) is 6.92 Å². The van der Waals surface area contributed by atoms with Crippen LogP contribution in [0.4, 0.5) is 0 Å². The van der Waals surface area contributed by atoms with Crippen molar-refractivity contribution in [2.45, 2.75) is 47.5 Å². The number of allylic oxidation sites excluding steroid dienone is 17. The molecule has 0 unspecified atom stereocenters. The predicted octanol–water partition coefficient (Wildman–Crippen LogP) is 9.13. The summed E-state index contributed by atoms with van der Waals surface area (Å²) >= 11 is 0. The molecule has 0 aliphatic heterocycles. The van der Waals surface area contributed by atoms with Crippen molar-refractivity contribution >= 4 is 11.1 Å². The second-order valence-electron chi connectivity index (χ2n) is 9.38. The lowest BCUT2D eigenvalue weighted by Crippen LogP contribution is -2.09. The number of benzene rings is 1. The molecular formula is C32H36. The van der Waals surface area contributed by atoms with E-state index in [-0.39, 0.29) is 5.41 Å². The van der Waals surface area contributed by atoms with Crippen molar-refractivity contribution < 1.29 is 0 Å². The van der Waals surface area contributed by atoms with Gasteiger partial charge in [-0.2, -0.15) is 0 Å². The summed E-state index contributed by atoms with van der Waals surface area (Å²) in [5, 5.41) is 0. The SMILES string of the molecule is C=C(C(=C\C=C\C)/C=C/C=C(\C=C\C)c1ccc2c(c1)C1=CC=CCC=C1C2)C(C)(C)C. The van der Waals surface area contributed by atoms with Gasteiger partial charge in [-0.3, -0.25) is 0 Å². The molecule has 0 fully saturated rings. The highest BCUT2D eigenvalue weighted by molar-refractivity contribution is 5.89. The van der Waals surface area contributed by atoms with Gasteiger partial charge in [-0.1, -0.05) is 112 Å². The van der Waals surface area contributed by atoms with Crippen LogP contribution in [0.15, 0.2) is 114 Å². The standard InChI is InChI=1S/C32H36/c1-7-9-15-25(24(3)32(4,5)6)17-13-18-26(14-8-2)27-20-21-29-22-28-16-11-10-12-19-30(28)31(29)23-27/h7-10,12-21,23H,3,11,22H2,1-2,4-6H3/b9-7+,14-8+,17-13+,25-15-,26-18+. The van der Waals surface area contributed by atoms with Crippen molar-refractivity contribution in [2.75, 3.05) is 0 Å². The van der Waals surface area contributed by atoms with Gasteiger partial charge in [0.2, 0.25) is 0 Å². The minimum atomic E-state index is 0.0275. The fourth-order valence-electron chi connectivity index (χ4n) is 4.04. The summed E-state index contributed by atoms with van der Waals surface area (Å²) in [5.74, 6) is 0. The lowest BCUT2D eigenvalue weighted by atomic mass is 9.82. The Morgan fingerprint density at radius 2 is 1.81 bits per heavy atom. The fourth-order valence-corrected chi connectivity index (χ4v) is 4.04. The minimum Gasteiger partial charge on any atom is -0.0947 e. The normalized spacial score (nSPS) is 17.0. The van der Waals surface area contributed by atoms with Gasteiger partial charge < -0.3 is 0 Å². The molecule has 0 atom stereocenters. The number of fused-ring (bicyclic) bond motifs is 3. The van der Waals surface area contributed by atoms with Crippen molar-refractivity contribution in [2.24, 2.45) is 5.41 Å². The average Bonchev–Trinajstić information content (AvgIpc) is 2.93. The zero-order valence-electron chi connectivity index (χ0n) is 20.3. The highest BCUT2D eigenvalue weighted by Crippen LogP contribution is 2.39. The molecule has 0 heteroatoms. The number of hydrogen-bond acceptors (Lipinski definition) is 0. The van der Waals surface area contributed by atoms with Gasteiger partial charge >= 0.3 is 0 Å². The molecular weight excluding hydrogens is 384 g/mol. The summed E-state index contributed by atoms with van der Waals surface area (Å²) < 4.78 is 0. The molecule has 0 nitrogen and oxygen atoms in total. The number of hydrogen-bond donors (Lipinski definition) is 0.